The van der Waals surface area contributed by atoms with E-state index in [9.17, 15) is 9.90 Å². The molecule has 1 aliphatic carbocycles. The average molecular weight is 519 g/mol. The Balaban J connectivity index is 1.54. The molecule has 40 heavy (non-hydrogen) atoms. The zero-order chi connectivity index (χ0) is 27.8. The smallest absolute Gasteiger partial charge is 0.163 e. The van der Waals surface area contributed by atoms with Gasteiger partial charge in [-0.2, -0.15) is 0 Å². The van der Waals surface area contributed by atoms with Crippen LogP contribution in [0.3, 0.4) is 0 Å². The molecule has 0 atom stereocenters. The molecule has 2 heteroatoms. The normalized spacial score (nSPS) is 14.3. The maximum atomic E-state index is 12.8. The molecule has 1 N–H and O–H groups in total. The summed E-state index contributed by atoms with van der Waals surface area (Å²) in [5.74, 6) is -0.104. The SMILES string of the molecule is CC(=O)/C(=C(/C)O)c1c2ccccc2c(-c2ccc3c(c2)C(C)(C)c2cc4ccccc4cc2-3)c2ccccc12. The van der Waals surface area contributed by atoms with E-state index in [1.54, 1.807) is 6.92 Å². The van der Waals surface area contributed by atoms with Gasteiger partial charge in [0.1, 0.15) is 5.76 Å². The largest absolute Gasteiger partial charge is 0.512 e. The van der Waals surface area contributed by atoms with Crippen molar-refractivity contribution in [3.8, 4) is 22.3 Å². The summed E-state index contributed by atoms with van der Waals surface area (Å²) in [4.78, 5) is 12.8. The Hall–Kier alpha value is -4.69. The summed E-state index contributed by atoms with van der Waals surface area (Å²) in [5, 5.41) is 17.2. The van der Waals surface area contributed by atoms with Gasteiger partial charge in [0.05, 0.1) is 5.57 Å². The Kier molecular flexibility index (Phi) is 5.27. The zero-order valence-electron chi connectivity index (χ0n) is 23.2. The number of aliphatic hydroxyl groups excluding tert-OH is 1. The minimum absolute atomic E-state index is 0.0417. The summed E-state index contributed by atoms with van der Waals surface area (Å²) in [7, 11) is 0. The lowest BCUT2D eigenvalue weighted by atomic mass is 9.80. The molecule has 0 bridgehead atoms. The van der Waals surface area contributed by atoms with Crippen LogP contribution in [-0.4, -0.2) is 10.9 Å². The van der Waals surface area contributed by atoms with Gasteiger partial charge in [0, 0.05) is 11.0 Å². The van der Waals surface area contributed by atoms with Crippen molar-refractivity contribution in [3.05, 3.63) is 126 Å². The number of fused-ring (bicyclic) bond motifs is 6. The Bertz CT molecular complexity index is 2010. The van der Waals surface area contributed by atoms with E-state index in [4.69, 9.17) is 0 Å². The van der Waals surface area contributed by atoms with Crippen LogP contribution >= 0.6 is 0 Å². The lowest BCUT2D eigenvalue weighted by molar-refractivity contribution is -0.111. The zero-order valence-corrected chi connectivity index (χ0v) is 23.2. The van der Waals surface area contributed by atoms with Gasteiger partial charge in [-0.3, -0.25) is 4.79 Å². The number of allylic oxidation sites excluding steroid dienone is 2. The number of hydrogen-bond donors (Lipinski definition) is 1. The van der Waals surface area contributed by atoms with Crippen LogP contribution in [0.15, 0.2) is 109 Å². The molecule has 0 unspecified atom stereocenters. The molecule has 0 aliphatic heterocycles. The number of rotatable bonds is 3. The third-order valence-corrected chi connectivity index (χ3v) is 8.73. The maximum Gasteiger partial charge on any atom is 0.163 e. The van der Waals surface area contributed by atoms with Crippen LogP contribution in [0.5, 0.6) is 0 Å². The fourth-order valence-electron chi connectivity index (χ4n) is 6.90. The number of aliphatic hydroxyl groups is 1. The van der Waals surface area contributed by atoms with E-state index in [-0.39, 0.29) is 17.0 Å². The minimum atomic E-state index is -0.146. The highest BCUT2D eigenvalue weighted by atomic mass is 16.3. The molecular weight excluding hydrogens is 488 g/mol. The molecule has 2 nitrogen and oxygen atoms in total. The predicted molar refractivity (Wildman–Crippen MR) is 168 cm³/mol. The molecule has 7 rings (SSSR count). The highest BCUT2D eigenvalue weighted by molar-refractivity contribution is 6.30. The van der Waals surface area contributed by atoms with Gasteiger partial charge in [-0.05, 0) is 97.7 Å². The Morgan fingerprint density at radius 3 is 1.73 bits per heavy atom. The number of benzene rings is 6. The summed E-state index contributed by atoms with van der Waals surface area (Å²) in [5.41, 5.74) is 8.60. The summed E-state index contributed by atoms with van der Waals surface area (Å²) >= 11 is 0. The van der Waals surface area contributed by atoms with Crippen LogP contribution in [0.25, 0.3) is 60.1 Å². The number of carbonyl (C=O) groups excluding carboxylic acids is 1. The van der Waals surface area contributed by atoms with Gasteiger partial charge in [0.25, 0.3) is 0 Å². The first-order valence-electron chi connectivity index (χ1n) is 13.8. The highest BCUT2D eigenvalue weighted by Crippen LogP contribution is 2.52. The topological polar surface area (TPSA) is 37.3 Å². The molecule has 0 amide bonds. The van der Waals surface area contributed by atoms with Gasteiger partial charge in [0.2, 0.25) is 0 Å². The van der Waals surface area contributed by atoms with Gasteiger partial charge in [-0.15, -0.1) is 0 Å². The molecule has 194 valence electrons. The van der Waals surface area contributed by atoms with Crippen LogP contribution in [0.1, 0.15) is 44.4 Å². The number of hydrogen-bond acceptors (Lipinski definition) is 2. The first kappa shape index (κ1) is 24.4. The van der Waals surface area contributed by atoms with E-state index in [2.05, 4.69) is 92.7 Å². The molecule has 6 aromatic carbocycles. The Labute approximate surface area is 234 Å². The van der Waals surface area contributed by atoms with Crippen molar-refractivity contribution in [1.29, 1.82) is 0 Å². The first-order valence-corrected chi connectivity index (χ1v) is 13.8. The van der Waals surface area contributed by atoms with E-state index in [1.807, 2.05) is 24.3 Å². The summed E-state index contributed by atoms with van der Waals surface area (Å²) in [6.07, 6.45) is 0. The van der Waals surface area contributed by atoms with E-state index < -0.39 is 0 Å². The van der Waals surface area contributed by atoms with Crippen molar-refractivity contribution in [2.45, 2.75) is 33.1 Å². The molecule has 0 saturated heterocycles. The molecular formula is C38H30O2. The molecule has 0 saturated carbocycles. The first-order chi connectivity index (χ1) is 19.3. The second kappa shape index (κ2) is 8.66. The van der Waals surface area contributed by atoms with E-state index >= 15 is 0 Å². The maximum absolute atomic E-state index is 12.8. The lowest BCUT2D eigenvalue weighted by Gasteiger charge is -2.23. The summed E-state index contributed by atoms with van der Waals surface area (Å²) in [6.45, 7) is 7.76. The van der Waals surface area contributed by atoms with Crippen molar-refractivity contribution < 1.29 is 9.90 Å². The third-order valence-electron chi connectivity index (χ3n) is 8.73. The molecule has 0 spiro atoms. The number of ketones is 1. The minimum Gasteiger partial charge on any atom is -0.512 e. The van der Waals surface area contributed by atoms with Gasteiger partial charge in [0.15, 0.2) is 5.78 Å². The van der Waals surface area contributed by atoms with Crippen LogP contribution in [0, 0.1) is 0 Å². The summed E-state index contributed by atoms with van der Waals surface area (Å²) < 4.78 is 0. The van der Waals surface area contributed by atoms with Crippen LogP contribution in [0.4, 0.5) is 0 Å². The van der Waals surface area contributed by atoms with Crippen molar-refractivity contribution in [1.82, 2.24) is 0 Å². The average Bonchev–Trinajstić information content (AvgIpc) is 3.16. The van der Waals surface area contributed by atoms with Crippen LogP contribution < -0.4 is 0 Å². The fraction of sp³-hybridized carbons (Fsp3) is 0.132. The van der Waals surface area contributed by atoms with E-state index in [0.717, 1.165) is 38.2 Å². The highest BCUT2D eigenvalue weighted by Gasteiger charge is 2.36. The van der Waals surface area contributed by atoms with Crippen molar-refractivity contribution >= 4 is 43.7 Å². The molecule has 0 radical (unpaired) electrons. The standard InChI is InChI=1S/C38H30O2/c1-22(39)35(23(2)40)37-30-15-9-7-13-28(30)36(29-14-8-10-16-31(29)37)26-17-18-27-32-19-24-11-5-6-12-25(24)20-34(32)38(3,4)33(27)21-26/h5-21,39H,1-4H3/b35-22+. The van der Waals surface area contributed by atoms with Gasteiger partial charge < -0.3 is 5.11 Å². The van der Waals surface area contributed by atoms with Crippen molar-refractivity contribution in [2.24, 2.45) is 0 Å². The Morgan fingerprint density at radius 1 is 0.625 bits per heavy atom. The molecule has 1 aliphatic rings. The van der Waals surface area contributed by atoms with E-state index in [1.165, 1.54) is 39.9 Å². The van der Waals surface area contributed by atoms with Gasteiger partial charge in [-0.1, -0.05) is 98.8 Å². The number of Topliss-reactive ketones (excluding diaryl/α,β-unsaturated/α-hetero) is 1. The predicted octanol–water partition coefficient (Wildman–Crippen LogP) is 10.00. The fourth-order valence-corrected chi connectivity index (χ4v) is 6.90. The van der Waals surface area contributed by atoms with Crippen LogP contribution in [-0.2, 0) is 10.2 Å². The van der Waals surface area contributed by atoms with Gasteiger partial charge >= 0.3 is 0 Å². The molecule has 0 heterocycles. The lowest BCUT2D eigenvalue weighted by Crippen LogP contribution is -2.15. The second-order valence-corrected chi connectivity index (χ2v) is 11.5. The molecule has 0 fully saturated rings. The van der Waals surface area contributed by atoms with Crippen molar-refractivity contribution in [2.75, 3.05) is 0 Å². The number of carbonyl (C=O) groups is 1. The quantitative estimate of drug-likeness (QED) is 0.144. The second-order valence-electron chi connectivity index (χ2n) is 11.5. The summed E-state index contributed by atoms with van der Waals surface area (Å²) in [6, 6.07) is 36.7. The van der Waals surface area contributed by atoms with Crippen molar-refractivity contribution in [3.63, 3.8) is 0 Å². The third kappa shape index (κ3) is 3.39. The monoisotopic (exact) mass is 518 g/mol. The molecule has 6 aromatic rings. The Morgan fingerprint density at radius 2 is 1.15 bits per heavy atom. The van der Waals surface area contributed by atoms with E-state index in [0.29, 0.717) is 5.57 Å². The molecule has 0 aromatic heterocycles. The van der Waals surface area contributed by atoms with Crippen LogP contribution in [0.2, 0.25) is 0 Å². The van der Waals surface area contributed by atoms with Gasteiger partial charge in [-0.25, -0.2) is 0 Å².